The van der Waals surface area contributed by atoms with Crippen molar-refractivity contribution < 1.29 is 51.1 Å². The van der Waals surface area contributed by atoms with Crippen LogP contribution in [0.25, 0.3) is 5.73 Å². The number of carboxylic acids is 2. The van der Waals surface area contributed by atoms with Crippen LogP contribution in [0.5, 0.6) is 0 Å². The standard InChI is InChI=1S/C6H13NO2.C6H8O4.Pt/c1-2-6(3-7,4-8)5-9;7-4(8)6(5(9)10)2-1-3-6;/h7-9H,1-5H2;1-3H2,(H,7,8)(H,9,10);/q-2;;+2. The molecule has 0 atom stereocenters. The van der Waals surface area contributed by atoms with E-state index in [9.17, 15) is 9.59 Å². The van der Waals surface area contributed by atoms with Crippen molar-refractivity contribution >= 4 is 11.9 Å². The summed E-state index contributed by atoms with van der Waals surface area (Å²) < 4.78 is 0. The number of carboxylic acid groups (broad SMARTS) is 2. The molecule has 0 radical (unpaired) electrons. The summed E-state index contributed by atoms with van der Waals surface area (Å²) in [5.41, 5.74) is 4.84. The first kappa shape index (κ1) is 21.8. The summed E-state index contributed by atoms with van der Waals surface area (Å²) in [6, 6.07) is 0. The maximum absolute atomic E-state index is 10.4. The Balaban J connectivity index is 0. The van der Waals surface area contributed by atoms with Gasteiger partial charge in [0, 0.05) is 13.2 Å². The van der Waals surface area contributed by atoms with Gasteiger partial charge in [-0.1, -0.05) is 0 Å². The molecule has 5 N–H and O–H groups in total. The number of rotatable bonds is 6. The second-order valence-corrected chi connectivity index (χ2v) is 4.79. The van der Waals surface area contributed by atoms with Crippen molar-refractivity contribution in [2.75, 3.05) is 19.8 Å². The van der Waals surface area contributed by atoms with Gasteiger partial charge in [0.25, 0.3) is 0 Å². The minimum absolute atomic E-state index is 0. The van der Waals surface area contributed by atoms with Gasteiger partial charge in [-0.25, -0.2) is 0 Å². The van der Waals surface area contributed by atoms with E-state index in [1.807, 2.05) is 0 Å². The zero-order valence-corrected chi connectivity index (χ0v) is 13.4. The van der Waals surface area contributed by atoms with Crippen LogP contribution in [-0.2, 0) is 30.7 Å². The van der Waals surface area contributed by atoms with Crippen LogP contribution >= 0.6 is 0 Å². The van der Waals surface area contributed by atoms with Gasteiger partial charge in [-0.3, -0.25) is 9.59 Å². The van der Waals surface area contributed by atoms with Crippen molar-refractivity contribution in [2.24, 2.45) is 10.8 Å². The van der Waals surface area contributed by atoms with E-state index in [-0.39, 0.29) is 53.7 Å². The summed E-state index contributed by atoms with van der Waals surface area (Å²) in [7, 11) is 0. The van der Waals surface area contributed by atoms with E-state index in [2.05, 4.69) is 6.92 Å². The van der Waals surface area contributed by atoms with Crippen LogP contribution in [0.15, 0.2) is 0 Å². The second kappa shape index (κ2) is 9.45. The first-order chi connectivity index (χ1) is 8.84. The fourth-order valence-corrected chi connectivity index (χ4v) is 1.46. The molecule has 0 amide bonds. The molecule has 0 spiro atoms. The number of hydrogen-bond acceptors (Lipinski definition) is 4. The molecule has 0 aromatic carbocycles. The van der Waals surface area contributed by atoms with Gasteiger partial charge in [-0.15, -0.1) is 6.54 Å². The predicted octanol–water partition coefficient (Wildman–Crippen LogP) is 0.557. The molecular formula is C12H21NO6Pt. The van der Waals surface area contributed by atoms with E-state index in [4.69, 9.17) is 26.2 Å². The molecule has 0 saturated heterocycles. The number of aliphatic carboxylic acids is 2. The van der Waals surface area contributed by atoms with Crippen molar-refractivity contribution in [2.45, 2.75) is 25.7 Å². The van der Waals surface area contributed by atoms with Crippen LogP contribution < -0.4 is 0 Å². The minimum Gasteiger partial charge on any atom is -0.677 e. The molecule has 1 rings (SSSR count). The maximum atomic E-state index is 10.4. The van der Waals surface area contributed by atoms with Gasteiger partial charge >= 0.3 is 33.0 Å². The Morgan fingerprint density at radius 3 is 1.55 bits per heavy atom. The molecule has 0 unspecified atom stereocenters. The van der Waals surface area contributed by atoms with Crippen LogP contribution in [0, 0.1) is 17.8 Å². The van der Waals surface area contributed by atoms with Crippen LogP contribution in [0.1, 0.15) is 25.7 Å². The SMILES string of the molecule is O=C(O)C1(C(=O)O)CCC1.[CH2-]CC(C[NH-])(CO)CO.[Pt+2]. The molecule has 0 heterocycles. The topological polar surface area (TPSA) is 139 Å². The van der Waals surface area contributed by atoms with Crippen molar-refractivity contribution in [1.29, 1.82) is 0 Å². The third-order valence-electron chi connectivity index (χ3n) is 3.60. The van der Waals surface area contributed by atoms with Gasteiger partial charge in [-0.05, 0) is 24.7 Å². The number of hydrogen-bond donors (Lipinski definition) is 4. The second-order valence-electron chi connectivity index (χ2n) is 4.79. The van der Waals surface area contributed by atoms with Crippen molar-refractivity contribution in [3.05, 3.63) is 12.7 Å². The summed E-state index contributed by atoms with van der Waals surface area (Å²) in [5, 5.41) is 34.3. The van der Waals surface area contributed by atoms with E-state index >= 15 is 0 Å². The number of carbonyl (C=O) groups is 2. The van der Waals surface area contributed by atoms with E-state index in [0.29, 0.717) is 12.8 Å². The molecule has 20 heavy (non-hydrogen) atoms. The Hall–Kier alpha value is -0.492. The van der Waals surface area contributed by atoms with Crippen molar-refractivity contribution in [3.63, 3.8) is 0 Å². The van der Waals surface area contributed by atoms with Crippen LogP contribution in [0.3, 0.4) is 0 Å². The Morgan fingerprint density at radius 1 is 1.15 bits per heavy atom. The third-order valence-corrected chi connectivity index (χ3v) is 3.60. The van der Waals surface area contributed by atoms with Gasteiger partial charge in [0.2, 0.25) is 0 Å². The monoisotopic (exact) mass is 470 g/mol. The molecule has 1 saturated carbocycles. The Labute approximate surface area is 132 Å². The summed E-state index contributed by atoms with van der Waals surface area (Å²) in [6.07, 6.45) is 1.66. The van der Waals surface area contributed by atoms with Crippen molar-refractivity contribution in [1.82, 2.24) is 0 Å². The zero-order chi connectivity index (χ0) is 15.1. The van der Waals surface area contributed by atoms with Gasteiger partial charge in [0.15, 0.2) is 5.41 Å². The fourth-order valence-electron chi connectivity index (χ4n) is 1.46. The molecular weight excluding hydrogens is 449 g/mol. The van der Waals surface area contributed by atoms with E-state index in [1.165, 1.54) is 0 Å². The van der Waals surface area contributed by atoms with E-state index in [0.717, 1.165) is 0 Å². The molecule has 0 aromatic heterocycles. The largest absolute Gasteiger partial charge is 2.00 e. The van der Waals surface area contributed by atoms with Crippen LogP contribution in [0.4, 0.5) is 0 Å². The Morgan fingerprint density at radius 2 is 1.55 bits per heavy atom. The predicted molar refractivity (Wildman–Crippen MR) is 67.3 cm³/mol. The van der Waals surface area contributed by atoms with E-state index < -0.39 is 22.8 Å². The number of aliphatic hydroxyl groups is 2. The molecule has 120 valence electrons. The van der Waals surface area contributed by atoms with Gasteiger partial charge in [0.05, 0.1) is 0 Å². The molecule has 1 aliphatic rings. The average Bonchev–Trinajstić information content (AvgIpc) is 2.31. The smallest absolute Gasteiger partial charge is 0.677 e. The van der Waals surface area contributed by atoms with Crippen LogP contribution in [0.2, 0.25) is 0 Å². The average molecular weight is 470 g/mol. The molecule has 1 aliphatic carbocycles. The molecule has 7 nitrogen and oxygen atoms in total. The van der Waals surface area contributed by atoms with Gasteiger partial charge in [-0.2, -0.15) is 6.42 Å². The molecule has 0 bridgehead atoms. The van der Waals surface area contributed by atoms with Gasteiger partial charge in [0.1, 0.15) is 0 Å². The quantitative estimate of drug-likeness (QED) is 0.331. The zero-order valence-electron chi connectivity index (χ0n) is 11.1. The third kappa shape index (κ3) is 4.81. The summed E-state index contributed by atoms with van der Waals surface area (Å²) in [5.74, 6) is -2.41. The Kier molecular flexibility index (Phi) is 10.3. The maximum Gasteiger partial charge on any atom is 2.00 e. The fraction of sp³-hybridized carbons (Fsp3) is 0.750. The molecule has 0 aliphatic heterocycles. The normalized spacial score (nSPS) is 16.0. The number of nitrogens with one attached hydrogen (secondary N) is 1. The van der Waals surface area contributed by atoms with Crippen molar-refractivity contribution in [3.8, 4) is 0 Å². The van der Waals surface area contributed by atoms with E-state index in [1.54, 1.807) is 0 Å². The molecule has 8 heteroatoms. The number of aliphatic hydroxyl groups excluding tert-OH is 2. The first-order valence-corrected chi connectivity index (χ1v) is 5.96. The summed E-state index contributed by atoms with van der Waals surface area (Å²) in [6.45, 7) is 3.25. The Bertz CT molecular complexity index is 282. The summed E-state index contributed by atoms with van der Waals surface area (Å²) >= 11 is 0. The summed E-state index contributed by atoms with van der Waals surface area (Å²) in [4.78, 5) is 20.7. The van der Waals surface area contributed by atoms with Gasteiger partial charge < -0.3 is 33.1 Å². The molecule has 1 fully saturated rings. The first-order valence-electron chi connectivity index (χ1n) is 5.96. The van der Waals surface area contributed by atoms with Crippen LogP contribution in [-0.4, -0.2) is 52.1 Å². The molecule has 0 aromatic rings. The minimum atomic E-state index is -1.44.